The molecule has 0 unspecified atom stereocenters. The molecule has 4 nitrogen and oxygen atoms in total. The van der Waals surface area contributed by atoms with E-state index in [0.717, 1.165) is 5.56 Å². The summed E-state index contributed by atoms with van der Waals surface area (Å²) in [6.07, 6.45) is 0. The number of hydrogen-bond acceptors (Lipinski definition) is 4. The average molecular weight is 290 g/mol. The number of nitrogens with zero attached hydrogens (tertiary/aromatic N) is 1. The number of sulfonamides is 1. The van der Waals surface area contributed by atoms with Crippen molar-refractivity contribution in [2.75, 3.05) is 26.4 Å². The highest BCUT2D eigenvalue weighted by Gasteiger charge is 2.19. The average Bonchev–Trinajstić information content (AvgIpc) is 2.68. The van der Waals surface area contributed by atoms with E-state index in [4.69, 9.17) is 0 Å². The third-order valence-corrected chi connectivity index (χ3v) is 5.01. The van der Waals surface area contributed by atoms with E-state index >= 15 is 0 Å². The zero-order chi connectivity index (χ0) is 13.8. The zero-order valence-corrected chi connectivity index (χ0v) is 13.0. The highest BCUT2D eigenvalue weighted by Crippen LogP contribution is 2.20. The maximum absolute atomic E-state index is 11.8. The molecule has 0 aliphatic rings. The molecule has 0 bridgehead atoms. The molecule has 0 radical (unpaired) electrons. The quantitative estimate of drug-likeness (QED) is 0.835. The molecule has 1 atom stereocenters. The molecule has 0 aliphatic carbocycles. The number of rotatable bonds is 7. The van der Waals surface area contributed by atoms with E-state index in [1.54, 1.807) is 11.3 Å². The van der Waals surface area contributed by atoms with Crippen LogP contribution in [0, 0.1) is 5.92 Å². The van der Waals surface area contributed by atoms with Gasteiger partial charge in [0.2, 0.25) is 10.0 Å². The molecule has 1 aromatic rings. The van der Waals surface area contributed by atoms with Crippen LogP contribution in [0.2, 0.25) is 0 Å². The molecule has 0 amide bonds. The van der Waals surface area contributed by atoms with Crippen molar-refractivity contribution < 1.29 is 8.42 Å². The van der Waals surface area contributed by atoms with Crippen LogP contribution in [0.15, 0.2) is 16.8 Å². The van der Waals surface area contributed by atoms with Crippen LogP contribution in [0.3, 0.4) is 0 Å². The summed E-state index contributed by atoms with van der Waals surface area (Å²) < 4.78 is 26.3. The second-order valence-electron chi connectivity index (χ2n) is 5.06. The molecule has 104 valence electrons. The first kappa shape index (κ1) is 15.6. The SMILES string of the molecule is CC(C)CS(=O)(=O)NC[C@H](c1ccsc1)N(C)C. The molecule has 0 aromatic carbocycles. The third kappa shape index (κ3) is 5.06. The summed E-state index contributed by atoms with van der Waals surface area (Å²) in [6, 6.07) is 2.12. The standard InChI is InChI=1S/C12H22N2O2S2/c1-10(2)9-18(15,16)13-7-12(14(3)4)11-5-6-17-8-11/h5-6,8,10,12-13H,7,9H2,1-4H3/t12-/m1/s1. The van der Waals surface area contributed by atoms with Crippen LogP contribution in [-0.2, 0) is 10.0 Å². The minimum atomic E-state index is -3.17. The first-order valence-corrected chi connectivity index (χ1v) is 8.57. The van der Waals surface area contributed by atoms with Crippen molar-refractivity contribution in [3.63, 3.8) is 0 Å². The Bertz CT molecular complexity index is 439. The Labute approximate surface area is 114 Å². The molecule has 0 saturated carbocycles. The molecule has 0 saturated heterocycles. The van der Waals surface area contributed by atoms with Crippen molar-refractivity contribution in [1.29, 1.82) is 0 Å². The van der Waals surface area contributed by atoms with E-state index in [1.807, 2.05) is 44.3 Å². The second-order valence-corrected chi connectivity index (χ2v) is 7.69. The van der Waals surface area contributed by atoms with Crippen molar-refractivity contribution in [1.82, 2.24) is 9.62 Å². The third-order valence-electron chi connectivity index (χ3n) is 2.60. The Hall–Kier alpha value is -0.430. The van der Waals surface area contributed by atoms with Crippen molar-refractivity contribution in [2.45, 2.75) is 19.9 Å². The smallest absolute Gasteiger partial charge is 0.211 e. The Morgan fingerprint density at radius 2 is 2.06 bits per heavy atom. The lowest BCUT2D eigenvalue weighted by atomic mass is 10.1. The van der Waals surface area contributed by atoms with E-state index in [9.17, 15) is 8.42 Å². The maximum Gasteiger partial charge on any atom is 0.211 e. The van der Waals surface area contributed by atoms with Gasteiger partial charge in [0.1, 0.15) is 0 Å². The van der Waals surface area contributed by atoms with E-state index in [1.165, 1.54) is 0 Å². The fourth-order valence-electron chi connectivity index (χ4n) is 1.77. The molecule has 1 aromatic heterocycles. The lowest BCUT2D eigenvalue weighted by Crippen LogP contribution is -2.36. The highest BCUT2D eigenvalue weighted by atomic mass is 32.2. The van der Waals surface area contributed by atoms with Crippen LogP contribution in [0.5, 0.6) is 0 Å². The van der Waals surface area contributed by atoms with Gasteiger partial charge in [-0.05, 0) is 42.4 Å². The molecule has 1 rings (SSSR count). The van der Waals surface area contributed by atoms with Crippen molar-refractivity contribution in [3.8, 4) is 0 Å². The van der Waals surface area contributed by atoms with Crippen LogP contribution in [0.1, 0.15) is 25.5 Å². The predicted octanol–water partition coefficient (Wildman–Crippen LogP) is 1.93. The van der Waals surface area contributed by atoms with Crippen LogP contribution in [0.4, 0.5) is 0 Å². The molecule has 6 heteroatoms. The highest BCUT2D eigenvalue weighted by molar-refractivity contribution is 7.89. The first-order valence-electron chi connectivity index (χ1n) is 5.97. The van der Waals surface area contributed by atoms with Crippen LogP contribution in [-0.4, -0.2) is 39.7 Å². The van der Waals surface area contributed by atoms with Gasteiger partial charge in [0.15, 0.2) is 0 Å². The van der Waals surface area contributed by atoms with Gasteiger partial charge in [0, 0.05) is 12.6 Å². The number of nitrogens with one attached hydrogen (secondary N) is 1. The Morgan fingerprint density at radius 1 is 1.39 bits per heavy atom. The normalized spacial score (nSPS) is 14.3. The van der Waals surface area contributed by atoms with Crippen molar-refractivity contribution in [2.24, 2.45) is 5.92 Å². The summed E-state index contributed by atoms with van der Waals surface area (Å²) >= 11 is 1.63. The zero-order valence-electron chi connectivity index (χ0n) is 11.4. The monoisotopic (exact) mass is 290 g/mol. The molecule has 0 fully saturated rings. The lowest BCUT2D eigenvalue weighted by Gasteiger charge is -2.24. The summed E-state index contributed by atoms with van der Waals surface area (Å²) in [4.78, 5) is 2.03. The van der Waals surface area contributed by atoms with E-state index in [2.05, 4.69) is 10.1 Å². The van der Waals surface area contributed by atoms with Crippen molar-refractivity contribution >= 4 is 21.4 Å². The summed E-state index contributed by atoms with van der Waals surface area (Å²) in [5.74, 6) is 0.318. The van der Waals surface area contributed by atoms with E-state index in [-0.39, 0.29) is 17.7 Å². The van der Waals surface area contributed by atoms with Crippen LogP contribution in [0.25, 0.3) is 0 Å². The van der Waals surface area contributed by atoms with Crippen LogP contribution < -0.4 is 4.72 Å². The summed E-state index contributed by atoms with van der Waals surface area (Å²) in [6.45, 7) is 4.22. The number of likely N-dealkylation sites (N-methyl/N-ethyl adjacent to an activating group) is 1. The van der Waals surface area contributed by atoms with Gasteiger partial charge >= 0.3 is 0 Å². The van der Waals surface area contributed by atoms with Gasteiger partial charge in [-0.3, -0.25) is 0 Å². The van der Waals surface area contributed by atoms with Gasteiger partial charge in [-0.15, -0.1) is 0 Å². The fourth-order valence-corrected chi connectivity index (χ4v) is 3.88. The first-order chi connectivity index (χ1) is 8.32. The minimum absolute atomic E-state index is 0.0817. The second kappa shape index (κ2) is 6.65. The van der Waals surface area contributed by atoms with Crippen molar-refractivity contribution in [3.05, 3.63) is 22.4 Å². The number of hydrogen-bond donors (Lipinski definition) is 1. The van der Waals surface area contributed by atoms with Gasteiger partial charge in [-0.25, -0.2) is 13.1 Å². The molecular formula is C12H22N2O2S2. The summed E-state index contributed by atoms with van der Waals surface area (Å²) in [5.41, 5.74) is 1.15. The van der Waals surface area contributed by atoms with Gasteiger partial charge in [-0.2, -0.15) is 11.3 Å². The Morgan fingerprint density at radius 3 is 2.50 bits per heavy atom. The summed E-state index contributed by atoms with van der Waals surface area (Å²) in [5, 5.41) is 4.07. The van der Waals surface area contributed by atoms with E-state index < -0.39 is 10.0 Å². The molecule has 1 heterocycles. The fraction of sp³-hybridized carbons (Fsp3) is 0.667. The van der Waals surface area contributed by atoms with Crippen LogP contribution >= 0.6 is 11.3 Å². The van der Waals surface area contributed by atoms with Gasteiger partial charge < -0.3 is 4.90 Å². The summed E-state index contributed by atoms with van der Waals surface area (Å²) in [7, 11) is 0.741. The van der Waals surface area contributed by atoms with E-state index in [0.29, 0.717) is 6.54 Å². The Balaban J connectivity index is 2.64. The van der Waals surface area contributed by atoms with Gasteiger partial charge in [-0.1, -0.05) is 13.8 Å². The molecular weight excluding hydrogens is 268 g/mol. The van der Waals surface area contributed by atoms with Gasteiger partial charge in [0.05, 0.1) is 5.75 Å². The molecule has 18 heavy (non-hydrogen) atoms. The number of thiophene rings is 1. The topological polar surface area (TPSA) is 49.4 Å². The maximum atomic E-state index is 11.8. The van der Waals surface area contributed by atoms with Gasteiger partial charge in [0.25, 0.3) is 0 Å². The molecule has 0 aliphatic heterocycles. The Kier molecular flexibility index (Phi) is 5.78. The predicted molar refractivity (Wildman–Crippen MR) is 77.4 cm³/mol. The molecule has 1 N–H and O–H groups in total. The molecule has 0 spiro atoms. The lowest BCUT2D eigenvalue weighted by molar-refractivity contribution is 0.300. The minimum Gasteiger partial charge on any atom is -0.301 e. The largest absolute Gasteiger partial charge is 0.301 e.